The lowest BCUT2D eigenvalue weighted by atomic mass is 10.00. The van der Waals surface area contributed by atoms with Crippen LogP contribution in [0.5, 0.6) is 0 Å². The van der Waals surface area contributed by atoms with Gasteiger partial charge in [0.25, 0.3) is 5.22 Å². The van der Waals surface area contributed by atoms with Crippen molar-refractivity contribution in [3.63, 3.8) is 0 Å². The molecule has 1 N–H and O–H groups in total. The predicted molar refractivity (Wildman–Crippen MR) is 69.3 cm³/mol. The molecule has 1 saturated heterocycles. The Morgan fingerprint density at radius 2 is 2.39 bits per heavy atom. The summed E-state index contributed by atoms with van der Waals surface area (Å²) in [5.74, 6) is 2.08. The molecule has 0 saturated carbocycles. The zero-order valence-corrected chi connectivity index (χ0v) is 11.2. The minimum absolute atomic E-state index is 0.374. The number of piperidine rings is 1. The highest BCUT2D eigenvalue weighted by molar-refractivity contribution is 7.99. The molecule has 1 fully saturated rings. The second-order valence-corrected chi connectivity index (χ2v) is 5.46. The van der Waals surface area contributed by atoms with Crippen LogP contribution in [0.3, 0.4) is 0 Å². The summed E-state index contributed by atoms with van der Waals surface area (Å²) in [6.07, 6.45) is 4.88. The van der Waals surface area contributed by atoms with Crippen LogP contribution in [0.25, 0.3) is 0 Å². The van der Waals surface area contributed by atoms with Crippen LogP contribution in [0.1, 0.15) is 43.9 Å². The van der Waals surface area contributed by atoms with E-state index in [1.807, 2.05) is 0 Å². The van der Waals surface area contributed by atoms with Crippen molar-refractivity contribution in [3.05, 3.63) is 5.89 Å². The van der Waals surface area contributed by atoms with Crippen LogP contribution in [-0.2, 0) is 0 Å². The average molecular weight is 266 g/mol. The monoisotopic (exact) mass is 266 g/mol. The minimum atomic E-state index is 0.374. The molecule has 6 heteroatoms. The Labute approximate surface area is 111 Å². The number of thioether (sulfide) groups is 1. The third kappa shape index (κ3) is 4.00. The van der Waals surface area contributed by atoms with E-state index in [0.717, 1.165) is 44.0 Å². The van der Waals surface area contributed by atoms with Crippen molar-refractivity contribution in [1.82, 2.24) is 15.5 Å². The fourth-order valence-electron chi connectivity index (χ4n) is 1.97. The van der Waals surface area contributed by atoms with Gasteiger partial charge in [-0.15, -0.1) is 10.2 Å². The first-order chi connectivity index (χ1) is 8.90. The second kappa shape index (κ2) is 7.39. The lowest BCUT2D eigenvalue weighted by Gasteiger charge is -2.18. The third-order valence-corrected chi connectivity index (χ3v) is 3.88. The van der Waals surface area contributed by atoms with Crippen molar-refractivity contribution in [3.8, 4) is 6.07 Å². The van der Waals surface area contributed by atoms with Gasteiger partial charge in [-0.25, -0.2) is 0 Å². The summed E-state index contributed by atoms with van der Waals surface area (Å²) in [7, 11) is 0. The molecule has 0 spiro atoms. The minimum Gasteiger partial charge on any atom is -0.416 e. The summed E-state index contributed by atoms with van der Waals surface area (Å²) in [5.41, 5.74) is 0. The largest absolute Gasteiger partial charge is 0.416 e. The quantitative estimate of drug-likeness (QED) is 0.629. The molecule has 2 rings (SSSR count). The van der Waals surface area contributed by atoms with Crippen LogP contribution >= 0.6 is 11.8 Å². The molecule has 98 valence electrons. The first-order valence-corrected chi connectivity index (χ1v) is 7.42. The Kier molecular flexibility index (Phi) is 5.49. The molecule has 18 heavy (non-hydrogen) atoms. The molecular weight excluding hydrogens is 248 g/mol. The molecule has 0 aliphatic carbocycles. The summed E-state index contributed by atoms with van der Waals surface area (Å²) in [6.45, 7) is 2.03. The van der Waals surface area contributed by atoms with E-state index >= 15 is 0 Å². The fourth-order valence-corrected chi connectivity index (χ4v) is 2.74. The zero-order valence-electron chi connectivity index (χ0n) is 10.4. The number of aromatic nitrogens is 2. The van der Waals surface area contributed by atoms with Gasteiger partial charge in [0.2, 0.25) is 5.89 Å². The lowest BCUT2D eigenvalue weighted by Crippen LogP contribution is -2.28. The first kappa shape index (κ1) is 13.4. The summed E-state index contributed by atoms with van der Waals surface area (Å²) in [4.78, 5) is 0. The SMILES string of the molecule is N#CCCCCSc1nnc(C2CCCNC2)o1. The number of nitriles is 1. The number of hydrogen-bond donors (Lipinski definition) is 1. The van der Waals surface area contributed by atoms with E-state index < -0.39 is 0 Å². The van der Waals surface area contributed by atoms with Crippen LogP contribution in [0.2, 0.25) is 0 Å². The van der Waals surface area contributed by atoms with Crippen LogP contribution in [0.4, 0.5) is 0 Å². The average Bonchev–Trinajstić information content (AvgIpc) is 2.88. The van der Waals surface area contributed by atoms with Gasteiger partial charge in [-0.1, -0.05) is 11.8 Å². The standard InChI is InChI=1S/C12H18N4OS/c13-6-2-1-3-8-18-12-16-15-11(17-12)10-5-4-7-14-9-10/h10,14H,1-5,7-9H2. The molecule has 1 aliphatic rings. The summed E-state index contributed by atoms with van der Waals surface area (Å²) < 4.78 is 5.67. The predicted octanol–water partition coefficient (Wildman–Crippen LogP) is 2.32. The topological polar surface area (TPSA) is 74.7 Å². The highest BCUT2D eigenvalue weighted by Gasteiger charge is 2.20. The molecule has 1 aromatic rings. The second-order valence-electron chi connectivity index (χ2n) is 4.41. The van der Waals surface area contributed by atoms with E-state index in [9.17, 15) is 0 Å². The smallest absolute Gasteiger partial charge is 0.276 e. The Bertz CT molecular complexity index is 395. The van der Waals surface area contributed by atoms with Gasteiger partial charge in [-0.2, -0.15) is 5.26 Å². The summed E-state index contributed by atoms with van der Waals surface area (Å²) in [5, 5.41) is 20.6. The van der Waals surface area contributed by atoms with Crippen LogP contribution < -0.4 is 5.32 Å². The molecule has 0 bridgehead atoms. The molecule has 1 aliphatic heterocycles. The molecule has 0 radical (unpaired) electrons. The highest BCUT2D eigenvalue weighted by Crippen LogP contribution is 2.25. The van der Waals surface area contributed by atoms with E-state index in [0.29, 0.717) is 17.6 Å². The molecule has 0 amide bonds. The Morgan fingerprint density at radius 3 is 3.17 bits per heavy atom. The maximum absolute atomic E-state index is 8.43. The van der Waals surface area contributed by atoms with Gasteiger partial charge in [-0.3, -0.25) is 0 Å². The van der Waals surface area contributed by atoms with E-state index in [-0.39, 0.29) is 0 Å². The zero-order chi connectivity index (χ0) is 12.6. The first-order valence-electron chi connectivity index (χ1n) is 6.44. The highest BCUT2D eigenvalue weighted by atomic mass is 32.2. The fraction of sp³-hybridized carbons (Fsp3) is 0.750. The molecule has 1 atom stereocenters. The van der Waals surface area contributed by atoms with Gasteiger partial charge < -0.3 is 9.73 Å². The van der Waals surface area contributed by atoms with E-state index in [1.165, 1.54) is 6.42 Å². The molecule has 0 aromatic carbocycles. The van der Waals surface area contributed by atoms with Crippen molar-refractivity contribution in [2.45, 2.75) is 43.2 Å². The Hall–Kier alpha value is -1.06. The molecule has 1 aromatic heterocycles. The van der Waals surface area contributed by atoms with Crippen LogP contribution in [0.15, 0.2) is 9.64 Å². The molecule has 1 unspecified atom stereocenters. The number of unbranched alkanes of at least 4 members (excludes halogenated alkanes) is 2. The Morgan fingerprint density at radius 1 is 1.44 bits per heavy atom. The Balaban J connectivity index is 1.74. The van der Waals surface area contributed by atoms with Crippen LogP contribution in [0, 0.1) is 11.3 Å². The van der Waals surface area contributed by atoms with Gasteiger partial charge in [0.1, 0.15) is 0 Å². The number of rotatable bonds is 6. The summed E-state index contributed by atoms with van der Waals surface area (Å²) in [6, 6.07) is 2.15. The van der Waals surface area contributed by atoms with Crippen molar-refractivity contribution in [2.75, 3.05) is 18.8 Å². The van der Waals surface area contributed by atoms with Crippen LogP contribution in [-0.4, -0.2) is 29.0 Å². The van der Waals surface area contributed by atoms with Gasteiger partial charge in [0, 0.05) is 24.6 Å². The van der Waals surface area contributed by atoms with Gasteiger partial charge >= 0.3 is 0 Å². The number of hydrogen-bond acceptors (Lipinski definition) is 6. The van der Waals surface area contributed by atoms with Gasteiger partial charge in [0.05, 0.1) is 6.07 Å². The van der Waals surface area contributed by atoms with E-state index in [2.05, 4.69) is 21.6 Å². The molecular formula is C12H18N4OS. The number of nitrogens with zero attached hydrogens (tertiary/aromatic N) is 3. The summed E-state index contributed by atoms with van der Waals surface area (Å²) >= 11 is 1.59. The van der Waals surface area contributed by atoms with E-state index in [1.54, 1.807) is 11.8 Å². The number of nitrogens with one attached hydrogen (secondary N) is 1. The lowest BCUT2D eigenvalue weighted by molar-refractivity contribution is 0.344. The normalized spacial score (nSPS) is 19.6. The van der Waals surface area contributed by atoms with Crippen molar-refractivity contribution >= 4 is 11.8 Å². The van der Waals surface area contributed by atoms with E-state index in [4.69, 9.17) is 9.68 Å². The molecule has 2 heterocycles. The maximum atomic E-state index is 8.43. The third-order valence-electron chi connectivity index (χ3n) is 2.98. The van der Waals surface area contributed by atoms with Gasteiger partial charge in [-0.05, 0) is 32.2 Å². The van der Waals surface area contributed by atoms with Gasteiger partial charge in [0.15, 0.2) is 0 Å². The van der Waals surface area contributed by atoms with Crippen molar-refractivity contribution < 1.29 is 4.42 Å². The van der Waals surface area contributed by atoms with Crippen molar-refractivity contribution in [2.24, 2.45) is 0 Å². The maximum Gasteiger partial charge on any atom is 0.276 e. The molecule has 5 nitrogen and oxygen atoms in total. The van der Waals surface area contributed by atoms with Crippen molar-refractivity contribution in [1.29, 1.82) is 5.26 Å².